The number of allylic oxidation sites excluding steroid dienone is 2. The molecule has 0 bridgehead atoms. The summed E-state index contributed by atoms with van der Waals surface area (Å²) in [6.45, 7) is 8.25. The maximum Gasteiger partial charge on any atom is 0.102 e. The molecule has 25 heavy (non-hydrogen) atoms. The Balaban J connectivity index is 1.91. The molecule has 0 aliphatic rings. The Morgan fingerprint density at radius 3 is 1.76 bits per heavy atom. The summed E-state index contributed by atoms with van der Waals surface area (Å²) in [5, 5.41) is 10.8. The van der Waals surface area contributed by atoms with Crippen molar-refractivity contribution in [2.24, 2.45) is 0 Å². The first-order chi connectivity index (χ1) is 12.3. The molecule has 4 heteroatoms. The van der Waals surface area contributed by atoms with Crippen molar-refractivity contribution in [3.05, 3.63) is 96.9 Å². The summed E-state index contributed by atoms with van der Waals surface area (Å²) < 4.78 is 0. The van der Waals surface area contributed by atoms with Gasteiger partial charge >= 0.3 is 0 Å². The molecule has 0 aliphatic carbocycles. The number of hydrogen-bond acceptors (Lipinski definition) is 3. The fourth-order valence-corrected chi connectivity index (χ4v) is 2.75. The van der Waals surface area contributed by atoms with Crippen LogP contribution in [0.4, 0.5) is 11.4 Å². The van der Waals surface area contributed by atoms with Crippen molar-refractivity contribution in [1.82, 2.24) is 15.4 Å². The maximum absolute atomic E-state index is 4.20. The normalized spacial score (nSPS) is 10.4. The largest absolute Gasteiger partial charge is 0.335 e. The van der Waals surface area contributed by atoms with Gasteiger partial charge in [-0.05, 0) is 48.2 Å². The van der Waals surface area contributed by atoms with E-state index in [-0.39, 0.29) is 0 Å². The summed E-state index contributed by atoms with van der Waals surface area (Å²) in [6, 6.07) is 17.1. The highest BCUT2D eigenvalue weighted by Crippen LogP contribution is 2.28. The van der Waals surface area contributed by atoms with Crippen molar-refractivity contribution >= 4 is 11.4 Å². The van der Waals surface area contributed by atoms with Crippen molar-refractivity contribution in [1.29, 1.82) is 0 Å². The second-order valence-corrected chi connectivity index (χ2v) is 5.87. The molecule has 3 aromatic rings. The highest BCUT2D eigenvalue weighted by atomic mass is 15.3. The van der Waals surface area contributed by atoms with Crippen LogP contribution in [0.15, 0.2) is 80.0 Å². The molecular formula is C21H22N4. The van der Waals surface area contributed by atoms with Gasteiger partial charge < -0.3 is 4.90 Å². The third-order valence-corrected chi connectivity index (χ3v) is 4.04. The number of rotatable bonds is 8. The average molecular weight is 330 g/mol. The van der Waals surface area contributed by atoms with E-state index < -0.39 is 0 Å². The van der Waals surface area contributed by atoms with Gasteiger partial charge in [-0.1, -0.05) is 36.4 Å². The highest BCUT2D eigenvalue weighted by molar-refractivity contribution is 5.63. The minimum atomic E-state index is 0.651. The van der Waals surface area contributed by atoms with Gasteiger partial charge in [0.25, 0.3) is 0 Å². The van der Waals surface area contributed by atoms with Crippen LogP contribution >= 0.6 is 0 Å². The Kier molecular flexibility index (Phi) is 5.42. The summed E-state index contributed by atoms with van der Waals surface area (Å²) in [6.07, 6.45) is 7.34. The summed E-state index contributed by atoms with van der Waals surface area (Å²) >= 11 is 0. The zero-order chi connectivity index (χ0) is 17.5. The van der Waals surface area contributed by atoms with E-state index >= 15 is 0 Å². The molecule has 1 aromatic heterocycles. The molecule has 0 aliphatic heterocycles. The molecule has 0 atom stereocenters. The first kappa shape index (κ1) is 16.7. The zero-order valence-corrected chi connectivity index (χ0v) is 14.2. The number of benzene rings is 2. The minimum Gasteiger partial charge on any atom is -0.335 e. The smallest absolute Gasteiger partial charge is 0.102 e. The Morgan fingerprint density at radius 1 is 0.840 bits per heavy atom. The first-order valence-corrected chi connectivity index (χ1v) is 8.32. The molecule has 1 N–H and O–H groups in total. The number of anilines is 2. The van der Waals surface area contributed by atoms with Gasteiger partial charge in [0.15, 0.2) is 0 Å². The number of hydrogen-bond donors (Lipinski definition) is 1. The van der Waals surface area contributed by atoms with Crippen LogP contribution in [0.5, 0.6) is 0 Å². The van der Waals surface area contributed by atoms with Gasteiger partial charge in [-0.2, -0.15) is 15.4 Å². The fourth-order valence-electron chi connectivity index (χ4n) is 2.75. The van der Waals surface area contributed by atoms with Gasteiger partial charge in [0.2, 0.25) is 0 Å². The topological polar surface area (TPSA) is 44.8 Å². The van der Waals surface area contributed by atoms with Crippen LogP contribution < -0.4 is 4.90 Å². The first-order valence-electron chi connectivity index (χ1n) is 8.32. The van der Waals surface area contributed by atoms with Crippen LogP contribution in [-0.2, 0) is 19.4 Å². The van der Waals surface area contributed by atoms with E-state index in [4.69, 9.17) is 0 Å². The van der Waals surface area contributed by atoms with Crippen LogP contribution in [0.2, 0.25) is 0 Å². The standard InChI is InChI=1S/C21H22N4/c1-3-5-17-7-11-20(12-8-17)25(16-19-15-22-24-23-19)21-13-9-18(6-4-2)10-14-21/h3-4,7-15H,1-2,5-6,16H2,(H,22,23,24). The lowest BCUT2D eigenvalue weighted by Crippen LogP contribution is -2.16. The average Bonchev–Trinajstić information content (AvgIpc) is 3.15. The van der Waals surface area contributed by atoms with Crippen molar-refractivity contribution in [3.63, 3.8) is 0 Å². The van der Waals surface area contributed by atoms with Crippen LogP contribution in [-0.4, -0.2) is 15.4 Å². The lowest BCUT2D eigenvalue weighted by atomic mass is 10.1. The number of aromatic amines is 1. The molecule has 0 saturated heterocycles. The Morgan fingerprint density at radius 2 is 1.36 bits per heavy atom. The molecule has 0 saturated carbocycles. The van der Waals surface area contributed by atoms with Gasteiger partial charge in [-0.15, -0.1) is 13.2 Å². The van der Waals surface area contributed by atoms with Crippen molar-refractivity contribution < 1.29 is 0 Å². The Labute approximate surface area is 148 Å². The van der Waals surface area contributed by atoms with Crippen molar-refractivity contribution in [2.45, 2.75) is 19.4 Å². The molecule has 0 amide bonds. The molecule has 0 spiro atoms. The molecule has 1 heterocycles. The van der Waals surface area contributed by atoms with Gasteiger partial charge in [0.05, 0.1) is 12.7 Å². The van der Waals surface area contributed by atoms with E-state index in [2.05, 4.69) is 82.0 Å². The maximum atomic E-state index is 4.20. The molecule has 0 radical (unpaired) electrons. The van der Waals surface area contributed by atoms with Crippen molar-refractivity contribution in [3.8, 4) is 0 Å². The minimum absolute atomic E-state index is 0.651. The summed E-state index contributed by atoms with van der Waals surface area (Å²) in [5.74, 6) is 0. The van der Waals surface area contributed by atoms with E-state index in [1.54, 1.807) is 6.20 Å². The fraction of sp³-hybridized carbons (Fsp3) is 0.143. The molecule has 3 rings (SSSR count). The Hall–Kier alpha value is -3.14. The summed E-state index contributed by atoms with van der Waals surface area (Å²) in [5.41, 5.74) is 5.63. The number of nitrogens with one attached hydrogen (secondary N) is 1. The van der Waals surface area contributed by atoms with E-state index in [1.807, 2.05) is 12.2 Å². The molecule has 2 aromatic carbocycles. The lowest BCUT2D eigenvalue weighted by molar-refractivity contribution is 0.878. The predicted molar refractivity (Wildman–Crippen MR) is 103 cm³/mol. The second kappa shape index (κ2) is 8.11. The number of H-pyrrole nitrogens is 1. The number of aromatic nitrogens is 3. The molecular weight excluding hydrogens is 308 g/mol. The van der Waals surface area contributed by atoms with E-state index in [9.17, 15) is 0 Å². The zero-order valence-electron chi connectivity index (χ0n) is 14.2. The van der Waals surface area contributed by atoms with Crippen LogP contribution in [0, 0.1) is 0 Å². The monoisotopic (exact) mass is 330 g/mol. The number of nitrogens with zero attached hydrogens (tertiary/aromatic N) is 3. The molecule has 4 nitrogen and oxygen atoms in total. The van der Waals surface area contributed by atoms with Crippen LogP contribution in [0.25, 0.3) is 0 Å². The van der Waals surface area contributed by atoms with Crippen molar-refractivity contribution in [2.75, 3.05) is 4.90 Å². The Bertz CT molecular complexity index is 749. The van der Waals surface area contributed by atoms with Crippen LogP contribution in [0.1, 0.15) is 16.8 Å². The van der Waals surface area contributed by atoms with E-state index in [0.717, 1.165) is 29.9 Å². The van der Waals surface area contributed by atoms with Gasteiger partial charge in [-0.25, -0.2) is 0 Å². The van der Waals surface area contributed by atoms with Crippen LogP contribution in [0.3, 0.4) is 0 Å². The molecule has 0 unspecified atom stereocenters. The quantitative estimate of drug-likeness (QED) is 0.614. The summed E-state index contributed by atoms with van der Waals surface area (Å²) in [7, 11) is 0. The SMILES string of the molecule is C=CCc1ccc(N(Cc2cn[nH]n2)c2ccc(CC=C)cc2)cc1. The van der Waals surface area contributed by atoms with E-state index in [0.29, 0.717) is 6.54 Å². The van der Waals surface area contributed by atoms with Gasteiger partial charge in [0.1, 0.15) is 5.69 Å². The third-order valence-electron chi connectivity index (χ3n) is 4.04. The second-order valence-electron chi connectivity index (χ2n) is 5.87. The third kappa shape index (κ3) is 4.23. The molecule has 0 fully saturated rings. The highest BCUT2D eigenvalue weighted by Gasteiger charge is 2.12. The lowest BCUT2D eigenvalue weighted by Gasteiger charge is -2.24. The van der Waals surface area contributed by atoms with E-state index in [1.165, 1.54) is 11.1 Å². The van der Waals surface area contributed by atoms with Gasteiger partial charge in [0, 0.05) is 11.4 Å². The predicted octanol–water partition coefficient (Wildman–Crippen LogP) is 4.60. The summed E-state index contributed by atoms with van der Waals surface area (Å²) in [4.78, 5) is 2.23. The van der Waals surface area contributed by atoms with Gasteiger partial charge in [-0.3, -0.25) is 0 Å². The molecule has 126 valence electrons.